The van der Waals surface area contributed by atoms with Gasteiger partial charge in [0, 0.05) is 43.9 Å². The Morgan fingerprint density at radius 1 is 0.839 bits per heavy atom. The molecule has 1 spiro atoms. The van der Waals surface area contributed by atoms with Crippen LogP contribution in [0.25, 0.3) is 0 Å². The Kier molecular flexibility index (Phi) is 4.55. The van der Waals surface area contributed by atoms with Crippen molar-refractivity contribution in [2.24, 2.45) is 10.8 Å². The number of aryl methyl sites for hydroxylation is 1. The molecule has 4 nitrogen and oxygen atoms in total. The van der Waals surface area contributed by atoms with Crippen molar-refractivity contribution in [3.8, 4) is 0 Å². The SMILES string of the molecule is Cc1cccc(N2CCN3c4ccccc4CC4(C(=O)CC(C)(C)CC4=O)[C@@H]3C2)c1C. The topological polar surface area (TPSA) is 40.6 Å². The van der Waals surface area contributed by atoms with Crippen LogP contribution in [0.2, 0.25) is 0 Å². The molecule has 1 aliphatic carbocycles. The molecule has 2 aromatic carbocycles. The van der Waals surface area contributed by atoms with E-state index in [9.17, 15) is 9.59 Å². The van der Waals surface area contributed by atoms with Gasteiger partial charge in [-0.1, -0.05) is 44.2 Å². The number of carbonyl (C=O) groups excluding carboxylic acids is 2. The Morgan fingerprint density at radius 2 is 1.52 bits per heavy atom. The average Bonchev–Trinajstić information content (AvgIpc) is 2.73. The lowest BCUT2D eigenvalue weighted by molar-refractivity contribution is -0.150. The van der Waals surface area contributed by atoms with Crippen LogP contribution >= 0.6 is 0 Å². The van der Waals surface area contributed by atoms with Gasteiger partial charge < -0.3 is 9.80 Å². The summed E-state index contributed by atoms with van der Waals surface area (Å²) in [6, 6.07) is 14.7. The van der Waals surface area contributed by atoms with Gasteiger partial charge in [0.25, 0.3) is 0 Å². The fourth-order valence-corrected chi connectivity index (χ4v) is 6.12. The van der Waals surface area contributed by atoms with Crippen LogP contribution in [0.4, 0.5) is 11.4 Å². The van der Waals surface area contributed by atoms with Crippen LogP contribution in [-0.4, -0.2) is 37.2 Å². The summed E-state index contributed by atoms with van der Waals surface area (Å²) in [5.41, 5.74) is 4.94. The number of benzene rings is 2. The number of fused-ring (bicyclic) bond motifs is 4. The summed E-state index contributed by atoms with van der Waals surface area (Å²) in [4.78, 5) is 32.3. The number of hydrogen-bond donors (Lipinski definition) is 0. The van der Waals surface area contributed by atoms with Crippen LogP contribution in [0, 0.1) is 24.7 Å². The number of piperazine rings is 1. The van der Waals surface area contributed by atoms with E-state index in [-0.39, 0.29) is 23.0 Å². The molecule has 0 aromatic heterocycles. The average molecular weight is 417 g/mol. The third kappa shape index (κ3) is 3.02. The van der Waals surface area contributed by atoms with Crippen molar-refractivity contribution in [1.29, 1.82) is 0 Å². The van der Waals surface area contributed by atoms with Crippen LogP contribution in [0.15, 0.2) is 42.5 Å². The molecule has 2 aliphatic heterocycles. The Bertz CT molecular complexity index is 1050. The lowest BCUT2D eigenvalue weighted by Gasteiger charge is -2.56. The maximum Gasteiger partial charge on any atom is 0.149 e. The number of carbonyl (C=O) groups is 2. The third-order valence-electron chi connectivity index (χ3n) is 7.91. The van der Waals surface area contributed by atoms with E-state index in [1.807, 2.05) is 19.9 Å². The molecule has 2 heterocycles. The van der Waals surface area contributed by atoms with Crippen molar-refractivity contribution < 1.29 is 9.59 Å². The predicted octanol–water partition coefficient (Wildman–Crippen LogP) is 4.50. The number of Topliss-reactive ketones (excluding diaryl/α,β-unsaturated/α-hetero) is 2. The zero-order valence-electron chi connectivity index (χ0n) is 19.1. The highest BCUT2D eigenvalue weighted by Crippen LogP contribution is 2.51. The van der Waals surface area contributed by atoms with E-state index >= 15 is 0 Å². The van der Waals surface area contributed by atoms with Gasteiger partial charge in [0.15, 0.2) is 0 Å². The van der Waals surface area contributed by atoms with Gasteiger partial charge in [-0.05, 0) is 54.5 Å². The maximum atomic E-state index is 13.8. The molecule has 1 saturated carbocycles. The summed E-state index contributed by atoms with van der Waals surface area (Å²) in [6.07, 6.45) is 1.50. The first-order chi connectivity index (χ1) is 14.7. The molecule has 3 aliphatic rings. The van der Waals surface area contributed by atoms with Crippen molar-refractivity contribution in [3.63, 3.8) is 0 Å². The molecule has 2 aromatic rings. The molecule has 1 saturated heterocycles. The molecule has 0 amide bonds. The fraction of sp³-hybridized carbons (Fsp3) is 0.481. The first kappa shape index (κ1) is 20.3. The van der Waals surface area contributed by atoms with E-state index in [1.165, 1.54) is 22.5 Å². The number of anilines is 2. The Morgan fingerprint density at radius 3 is 2.26 bits per heavy atom. The van der Waals surface area contributed by atoms with Gasteiger partial charge in [0.05, 0.1) is 6.04 Å². The molecule has 162 valence electrons. The molecule has 0 radical (unpaired) electrons. The molecule has 31 heavy (non-hydrogen) atoms. The first-order valence-electron chi connectivity index (χ1n) is 11.5. The molecule has 5 rings (SSSR count). The van der Waals surface area contributed by atoms with Gasteiger partial charge in [0.2, 0.25) is 0 Å². The summed E-state index contributed by atoms with van der Waals surface area (Å²) < 4.78 is 0. The van der Waals surface area contributed by atoms with Crippen molar-refractivity contribution >= 4 is 22.9 Å². The van der Waals surface area contributed by atoms with Gasteiger partial charge in [-0.15, -0.1) is 0 Å². The molecule has 0 N–H and O–H groups in total. The first-order valence-corrected chi connectivity index (χ1v) is 11.5. The van der Waals surface area contributed by atoms with Gasteiger partial charge in [-0.3, -0.25) is 9.59 Å². The van der Waals surface area contributed by atoms with E-state index < -0.39 is 5.41 Å². The number of rotatable bonds is 1. The quantitative estimate of drug-likeness (QED) is 0.642. The van der Waals surface area contributed by atoms with E-state index in [4.69, 9.17) is 0 Å². The minimum atomic E-state index is -0.930. The van der Waals surface area contributed by atoms with Crippen molar-refractivity contribution in [2.45, 2.75) is 53.0 Å². The van der Waals surface area contributed by atoms with Gasteiger partial charge in [0.1, 0.15) is 17.0 Å². The lowest BCUT2D eigenvalue weighted by atomic mass is 9.56. The Labute approximate surface area is 185 Å². The zero-order chi connectivity index (χ0) is 22.0. The van der Waals surface area contributed by atoms with Crippen LogP contribution in [-0.2, 0) is 16.0 Å². The predicted molar refractivity (Wildman–Crippen MR) is 125 cm³/mol. The van der Waals surface area contributed by atoms with E-state index in [1.54, 1.807) is 0 Å². The fourth-order valence-electron chi connectivity index (χ4n) is 6.12. The number of ketones is 2. The normalized spacial score (nSPS) is 24.2. The molecule has 0 bridgehead atoms. The van der Waals surface area contributed by atoms with E-state index in [2.05, 4.69) is 60.0 Å². The monoisotopic (exact) mass is 416 g/mol. The highest BCUT2D eigenvalue weighted by molar-refractivity contribution is 6.11. The summed E-state index contributed by atoms with van der Waals surface area (Å²) in [7, 11) is 0. The standard InChI is InChI=1S/C27H32N2O2/c1-18-8-7-11-21(19(18)2)28-12-13-29-22-10-6-5-9-20(22)14-27(23(29)17-28)24(30)15-26(3,4)16-25(27)31/h5-11,23H,12-17H2,1-4H3/t23-/m0/s1. The smallest absolute Gasteiger partial charge is 0.149 e. The zero-order valence-corrected chi connectivity index (χ0v) is 19.1. The van der Waals surface area contributed by atoms with Crippen molar-refractivity contribution in [2.75, 3.05) is 29.4 Å². The van der Waals surface area contributed by atoms with Crippen LogP contribution in [0.5, 0.6) is 0 Å². The summed E-state index contributed by atoms with van der Waals surface area (Å²) in [6.45, 7) is 10.8. The molecular weight excluding hydrogens is 384 g/mol. The van der Waals surface area contributed by atoms with Crippen LogP contribution < -0.4 is 9.80 Å². The third-order valence-corrected chi connectivity index (χ3v) is 7.91. The molecular formula is C27H32N2O2. The number of para-hydroxylation sites is 1. The minimum Gasteiger partial charge on any atom is -0.367 e. The second-order valence-electron chi connectivity index (χ2n) is 10.5. The Balaban J connectivity index is 1.61. The number of nitrogens with zero attached hydrogens (tertiary/aromatic N) is 2. The summed E-state index contributed by atoms with van der Waals surface area (Å²) in [5.74, 6) is 0.280. The Hall–Kier alpha value is -2.62. The summed E-state index contributed by atoms with van der Waals surface area (Å²) in [5, 5.41) is 0. The second-order valence-corrected chi connectivity index (χ2v) is 10.5. The molecule has 2 fully saturated rings. The van der Waals surface area contributed by atoms with Crippen LogP contribution in [0.1, 0.15) is 43.4 Å². The van der Waals surface area contributed by atoms with E-state index in [0.717, 1.165) is 18.7 Å². The maximum absolute atomic E-state index is 13.8. The van der Waals surface area contributed by atoms with Gasteiger partial charge in [-0.25, -0.2) is 0 Å². The lowest BCUT2D eigenvalue weighted by Crippen LogP contribution is -2.69. The highest BCUT2D eigenvalue weighted by Gasteiger charge is 2.60. The highest BCUT2D eigenvalue weighted by atomic mass is 16.2. The van der Waals surface area contributed by atoms with Crippen molar-refractivity contribution in [1.82, 2.24) is 0 Å². The molecule has 4 heteroatoms. The molecule has 1 atom stereocenters. The molecule has 0 unspecified atom stereocenters. The largest absolute Gasteiger partial charge is 0.367 e. The second kappa shape index (κ2) is 6.94. The minimum absolute atomic E-state index is 0.118. The summed E-state index contributed by atoms with van der Waals surface area (Å²) >= 11 is 0. The van der Waals surface area contributed by atoms with E-state index in [0.29, 0.717) is 25.8 Å². The van der Waals surface area contributed by atoms with Gasteiger partial charge in [-0.2, -0.15) is 0 Å². The van der Waals surface area contributed by atoms with Gasteiger partial charge >= 0.3 is 0 Å². The number of hydrogen-bond acceptors (Lipinski definition) is 4. The van der Waals surface area contributed by atoms with Crippen molar-refractivity contribution in [3.05, 3.63) is 59.2 Å². The van der Waals surface area contributed by atoms with Crippen LogP contribution in [0.3, 0.4) is 0 Å².